The van der Waals surface area contributed by atoms with E-state index in [9.17, 15) is 18.1 Å². The van der Waals surface area contributed by atoms with E-state index >= 15 is 0 Å². The van der Waals surface area contributed by atoms with Crippen LogP contribution in [0.1, 0.15) is 102 Å². The molecule has 0 spiro atoms. The number of unbranched alkanes of at least 4 members (excludes halogenated alkanes) is 13. The molecule has 0 bridgehead atoms. The Balaban J connectivity index is 2.04. The summed E-state index contributed by atoms with van der Waals surface area (Å²) in [4.78, 5) is -0.169. The number of aryl methyl sites for hydroxylation is 1. The van der Waals surface area contributed by atoms with E-state index in [4.69, 9.17) is 0 Å². The van der Waals surface area contributed by atoms with E-state index in [1.807, 2.05) is 0 Å². The van der Waals surface area contributed by atoms with Crippen molar-refractivity contribution in [2.45, 2.75) is 108 Å². The second-order valence-electron chi connectivity index (χ2n) is 7.61. The predicted molar refractivity (Wildman–Crippen MR) is 112 cm³/mol. The molecule has 0 aliphatic rings. The van der Waals surface area contributed by atoms with Crippen LogP contribution in [0.5, 0.6) is 5.75 Å². The van der Waals surface area contributed by atoms with E-state index in [1.54, 1.807) is 6.07 Å². The molecule has 1 aromatic rings. The summed E-state index contributed by atoms with van der Waals surface area (Å²) in [6, 6.07) is 4.17. The maximum Gasteiger partial charge on any atom is 0.294 e. The number of benzene rings is 1. The zero-order chi connectivity index (χ0) is 20.0. The van der Waals surface area contributed by atoms with Gasteiger partial charge in [-0.05, 0) is 24.5 Å². The Hall–Kier alpha value is -1.07. The Morgan fingerprint density at radius 3 is 1.63 bits per heavy atom. The minimum absolute atomic E-state index is 0.146. The van der Waals surface area contributed by atoms with Gasteiger partial charge in [-0.3, -0.25) is 4.55 Å². The first-order chi connectivity index (χ1) is 12.9. The van der Waals surface area contributed by atoms with Gasteiger partial charge in [-0.25, -0.2) is 0 Å². The van der Waals surface area contributed by atoms with Gasteiger partial charge in [-0.2, -0.15) is 8.42 Å². The van der Waals surface area contributed by atoms with Crippen LogP contribution in [0.2, 0.25) is 0 Å². The summed E-state index contributed by atoms with van der Waals surface area (Å²) in [5.74, 6) is -0.146. The highest BCUT2D eigenvalue weighted by atomic mass is 32.2. The molecular formula is C22H38O4S. The fourth-order valence-corrected chi connectivity index (χ4v) is 4.27. The van der Waals surface area contributed by atoms with Crippen molar-refractivity contribution in [3.8, 4) is 5.75 Å². The van der Waals surface area contributed by atoms with E-state index < -0.39 is 10.1 Å². The topological polar surface area (TPSA) is 74.6 Å². The lowest BCUT2D eigenvalue weighted by molar-refractivity contribution is 0.464. The van der Waals surface area contributed by atoms with Gasteiger partial charge in [0.1, 0.15) is 10.6 Å². The normalized spacial score (nSPS) is 11.8. The summed E-state index contributed by atoms with van der Waals surface area (Å²) in [6.07, 6.45) is 18.5. The minimum atomic E-state index is -4.29. The van der Waals surface area contributed by atoms with Crippen molar-refractivity contribution in [1.29, 1.82) is 0 Å². The minimum Gasteiger partial charge on any atom is -0.508 e. The molecule has 5 heteroatoms. The monoisotopic (exact) mass is 398 g/mol. The van der Waals surface area contributed by atoms with Crippen molar-refractivity contribution in [2.75, 3.05) is 0 Å². The van der Waals surface area contributed by atoms with Crippen molar-refractivity contribution in [2.24, 2.45) is 0 Å². The predicted octanol–water partition coefficient (Wildman–Crippen LogP) is 6.66. The molecule has 0 saturated heterocycles. The molecule has 0 aliphatic heterocycles. The smallest absolute Gasteiger partial charge is 0.294 e. The highest BCUT2D eigenvalue weighted by molar-refractivity contribution is 7.85. The molecule has 0 aromatic heterocycles. The molecule has 0 amide bonds. The number of phenols is 1. The van der Waals surface area contributed by atoms with Crippen LogP contribution >= 0.6 is 0 Å². The molecule has 1 aromatic carbocycles. The summed E-state index contributed by atoms with van der Waals surface area (Å²) in [6.45, 7) is 2.25. The molecule has 0 radical (unpaired) electrons. The van der Waals surface area contributed by atoms with Gasteiger partial charge in [0.2, 0.25) is 0 Å². The molecule has 156 valence electrons. The van der Waals surface area contributed by atoms with E-state index in [0.717, 1.165) is 25.3 Å². The van der Waals surface area contributed by atoms with E-state index in [2.05, 4.69) is 6.92 Å². The summed E-state index contributed by atoms with van der Waals surface area (Å²) in [5, 5.41) is 9.42. The van der Waals surface area contributed by atoms with Crippen LogP contribution in [0.25, 0.3) is 0 Å². The molecule has 0 fully saturated rings. The number of aromatic hydroxyl groups is 1. The van der Waals surface area contributed by atoms with Crippen LogP contribution in [0, 0.1) is 0 Å². The van der Waals surface area contributed by atoms with Crippen molar-refractivity contribution in [3.05, 3.63) is 23.8 Å². The Kier molecular flexibility index (Phi) is 12.4. The highest BCUT2D eigenvalue weighted by Crippen LogP contribution is 2.23. The third kappa shape index (κ3) is 11.4. The molecule has 1 rings (SSSR count). The molecule has 0 heterocycles. The first-order valence-electron chi connectivity index (χ1n) is 10.7. The van der Waals surface area contributed by atoms with Gasteiger partial charge in [0.15, 0.2) is 0 Å². The molecule has 0 atom stereocenters. The zero-order valence-corrected chi connectivity index (χ0v) is 17.8. The van der Waals surface area contributed by atoms with Crippen LogP contribution in [0.3, 0.4) is 0 Å². The molecule has 2 N–H and O–H groups in total. The Morgan fingerprint density at radius 1 is 0.741 bits per heavy atom. The zero-order valence-electron chi connectivity index (χ0n) is 17.0. The second-order valence-corrected chi connectivity index (χ2v) is 9.00. The Morgan fingerprint density at radius 2 is 1.19 bits per heavy atom. The van der Waals surface area contributed by atoms with Crippen LogP contribution < -0.4 is 0 Å². The van der Waals surface area contributed by atoms with Gasteiger partial charge in [-0.15, -0.1) is 0 Å². The molecular weight excluding hydrogens is 360 g/mol. The fraction of sp³-hybridized carbons (Fsp3) is 0.727. The maximum absolute atomic E-state index is 11.4. The first-order valence-corrected chi connectivity index (χ1v) is 12.2. The largest absolute Gasteiger partial charge is 0.508 e. The van der Waals surface area contributed by atoms with Crippen molar-refractivity contribution >= 4 is 10.1 Å². The summed E-state index contributed by atoms with van der Waals surface area (Å²) < 4.78 is 32.1. The SMILES string of the molecule is CCCCCCCCCCCCCCCCc1ccc(O)cc1S(=O)(=O)O. The van der Waals surface area contributed by atoms with Gasteiger partial charge in [0.05, 0.1) is 0 Å². The third-order valence-corrected chi connectivity index (χ3v) is 6.06. The number of phenolic OH excluding ortho intramolecular Hbond substituents is 1. The molecule has 0 aliphatic carbocycles. The van der Waals surface area contributed by atoms with Crippen LogP contribution in [-0.4, -0.2) is 18.1 Å². The lowest BCUT2D eigenvalue weighted by atomic mass is 10.0. The van der Waals surface area contributed by atoms with Crippen LogP contribution in [0.4, 0.5) is 0 Å². The van der Waals surface area contributed by atoms with Gasteiger partial charge in [-0.1, -0.05) is 96.5 Å². The molecule has 0 unspecified atom stereocenters. The van der Waals surface area contributed by atoms with Crippen LogP contribution in [-0.2, 0) is 16.5 Å². The van der Waals surface area contributed by atoms with E-state index in [1.165, 1.54) is 76.7 Å². The molecule has 27 heavy (non-hydrogen) atoms. The third-order valence-electron chi connectivity index (χ3n) is 5.13. The Bertz CT molecular complexity index is 611. The van der Waals surface area contributed by atoms with Gasteiger partial charge in [0, 0.05) is 6.07 Å². The van der Waals surface area contributed by atoms with Gasteiger partial charge < -0.3 is 5.11 Å². The summed E-state index contributed by atoms with van der Waals surface area (Å²) >= 11 is 0. The van der Waals surface area contributed by atoms with Crippen molar-refractivity contribution in [3.63, 3.8) is 0 Å². The standard InChI is InChI=1S/C22H38O4S/c1-2-3-4-5-6-7-8-9-10-11-12-13-14-15-16-20-17-18-21(23)19-22(20)27(24,25)26/h17-19,23H,2-16H2,1H3,(H,24,25,26). The van der Waals surface area contributed by atoms with Gasteiger partial charge in [0.25, 0.3) is 10.1 Å². The first kappa shape index (κ1) is 24.0. The number of hydrogen-bond acceptors (Lipinski definition) is 3. The second kappa shape index (κ2) is 14.0. The lowest BCUT2D eigenvalue weighted by Gasteiger charge is -2.08. The summed E-state index contributed by atoms with van der Waals surface area (Å²) in [5.41, 5.74) is 0.578. The van der Waals surface area contributed by atoms with E-state index in [-0.39, 0.29) is 10.6 Å². The van der Waals surface area contributed by atoms with Crippen molar-refractivity contribution in [1.82, 2.24) is 0 Å². The number of rotatable bonds is 16. The quantitative estimate of drug-likeness (QED) is 0.241. The van der Waals surface area contributed by atoms with Crippen molar-refractivity contribution < 1.29 is 18.1 Å². The lowest BCUT2D eigenvalue weighted by Crippen LogP contribution is -2.03. The molecule has 0 saturated carbocycles. The average Bonchev–Trinajstić information content (AvgIpc) is 2.62. The fourth-order valence-electron chi connectivity index (χ4n) is 3.50. The number of hydrogen-bond donors (Lipinski definition) is 2. The van der Waals surface area contributed by atoms with E-state index in [0.29, 0.717) is 12.0 Å². The van der Waals surface area contributed by atoms with Gasteiger partial charge >= 0.3 is 0 Å². The Labute approximate surface area is 166 Å². The molecule has 4 nitrogen and oxygen atoms in total. The summed E-state index contributed by atoms with van der Waals surface area (Å²) in [7, 11) is -4.29. The highest BCUT2D eigenvalue weighted by Gasteiger charge is 2.15. The van der Waals surface area contributed by atoms with Crippen LogP contribution in [0.15, 0.2) is 23.1 Å². The average molecular weight is 399 g/mol. The maximum atomic E-state index is 11.4.